The third-order valence-electron chi connectivity index (χ3n) is 2.03. The first-order valence-corrected chi connectivity index (χ1v) is 4.74. The number of rotatable bonds is 3. The van der Waals surface area contributed by atoms with E-state index in [9.17, 15) is 15.0 Å². The van der Waals surface area contributed by atoms with E-state index in [4.69, 9.17) is 0 Å². The average Bonchev–Trinajstić information content (AvgIpc) is 2.20. The Bertz CT molecular complexity index is 392. The van der Waals surface area contributed by atoms with Crippen molar-refractivity contribution < 1.29 is 15.0 Å². The molecule has 1 rings (SSSR count). The first-order valence-electron chi connectivity index (χ1n) is 4.74. The molecule has 0 heterocycles. The van der Waals surface area contributed by atoms with Crippen LogP contribution in [0.1, 0.15) is 29.8 Å². The zero-order valence-corrected chi connectivity index (χ0v) is 8.77. The molecule has 0 spiro atoms. The second-order valence-electron chi connectivity index (χ2n) is 3.31. The number of allylic oxidation sites excluding steroid dienone is 1. The van der Waals surface area contributed by atoms with Gasteiger partial charge in [-0.2, -0.15) is 0 Å². The molecule has 0 aromatic heterocycles. The van der Waals surface area contributed by atoms with E-state index in [2.05, 4.69) is 0 Å². The maximum Gasteiger partial charge on any atom is 0.191 e. The maximum absolute atomic E-state index is 11.6. The van der Waals surface area contributed by atoms with Gasteiger partial charge in [-0.3, -0.25) is 4.79 Å². The Labute approximate surface area is 88.7 Å². The van der Waals surface area contributed by atoms with E-state index in [0.717, 1.165) is 0 Å². The molecule has 0 aliphatic heterocycles. The minimum absolute atomic E-state index is 0.0206. The Morgan fingerprint density at radius 3 is 2.67 bits per heavy atom. The van der Waals surface area contributed by atoms with Gasteiger partial charge in [-0.05, 0) is 31.5 Å². The molecule has 0 aliphatic rings. The minimum Gasteiger partial charge on any atom is -0.508 e. The molecule has 1 atom stereocenters. The van der Waals surface area contributed by atoms with E-state index in [-0.39, 0.29) is 11.5 Å². The van der Waals surface area contributed by atoms with E-state index in [1.54, 1.807) is 18.2 Å². The number of ketones is 1. The molecule has 0 saturated heterocycles. The van der Waals surface area contributed by atoms with Gasteiger partial charge in [0.05, 0.1) is 0 Å². The summed E-state index contributed by atoms with van der Waals surface area (Å²) in [7, 11) is 0. The van der Waals surface area contributed by atoms with Crippen molar-refractivity contribution in [2.24, 2.45) is 0 Å². The molecule has 3 heteroatoms. The van der Waals surface area contributed by atoms with Crippen molar-refractivity contribution in [3.8, 4) is 5.75 Å². The van der Waals surface area contributed by atoms with Crippen molar-refractivity contribution in [2.45, 2.75) is 20.0 Å². The first kappa shape index (κ1) is 11.5. The van der Waals surface area contributed by atoms with Crippen molar-refractivity contribution >= 4 is 11.9 Å². The number of phenolic OH excluding ortho intramolecular Hbond substituents is 1. The third kappa shape index (κ3) is 2.67. The fraction of sp³-hybridized carbons (Fsp3) is 0.250. The molecular weight excluding hydrogens is 192 g/mol. The normalized spacial score (nSPS) is 13.0. The van der Waals surface area contributed by atoms with Crippen LogP contribution in [-0.4, -0.2) is 22.1 Å². The van der Waals surface area contributed by atoms with Crippen molar-refractivity contribution in [3.05, 3.63) is 35.4 Å². The van der Waals surface area contributed by atoms with Crippen LogP contribution in [0.3, 0.4) is 0 Å². The van der Waals surface area contributed by atoms with Crippen LogP contribution >= 0.6 is 0 Å². The lowest BCUT2D eigenvalue weighted by atomic mass is 10.00. The number of hydrogen-bond acceptors (Lipinski definition) is 3. The fourth-order valence-corrected chi connectivity index (χ4v) is 1.31. The number of aliphatic hydroxyl groups is 1. The van der Waals surface area contributed by atoms with E-state index in [1.807, 2.05) is 6.92 Å². The van der Waals surface area contributed by atoms with Crippen LogP contribution in [0.4, 0.5) is 0 Å². The number of phenols is 1. The van der Waals surface area contributed by atoms with Gasteiger partial charge >= 0.3 is 0 Å². The van der Waals surface area contributed by atoms with E-state index in [0.29, 0.717) is 11.1 Å². The maximum atomic E-state index is 11.6. The van der Waals surface area contributed by atoms with Gasteiger partial charge in [0.1, 0.15) is 11.9 Å². The van der Waals surface area contributed by atoms with Crippen molar-refractivity contribution in [1.82, 2.24) is 0 Å². The molecule has 0 aliphatic carbocycles. The molecule has 1 aromatic rings. The summed E-state index contributed by atoms with van der Waals surface area (Å²) < 4.78 is 0. The average molecular weight is 206 g/mol. The zero-order valence-electron chi connectivity index (χ0n) is 8.77. The summed E-state index contributed by atoms with van der Waals surface area (Å²) >= 11 is 0. The second kappa shape index (κ2) is 4.75. The van der Waals surface area contributed by atoms with Gasteiger partial charge < -0.3 is 10.2 Å². The molecule has 0 fully saturated rings. The number of aromatic hydroxyl groups is 1. The van der Waals surface area contributed by atoms with Gasteiger partial charge in [-0.25, -0.2) is 0 Å². The van der Waals surface area contributed by atoms with Gasteiger partial charge in [0.25, 0.3) is 0 Å². The third-order valence-corrected chi connectivity index (χ3v) is 2.03. The molecule has 15 heavy (non-hydrogen) atoms. The molecule has 2 N–H and O–H groups in total. The second-order valence-corrected chi connectivity index (χ2v) is 3.31. The van der Waals surface area contributed by atoms with Crippen molar-refractivity contribution in [1.29, 1.82) is 0 Å². The summed E-state index contributed by atoms with van der Waals surface area (Å²) in [6.45, 7) is 3.25. The Morgan fingerprint density at radius 2 is 2.13 bits per heavy atom. The van der Waals surface area contributed by atoms with Gasteiger partial charge in [0.2, 0.25) is 0 Å². The lowest BCUT2D eigenvalue weighted by Gasteiger charge is -2.07. The van der Waals surface area contributed by atoms with E-state index >= 15 is 0 Å². The van der Waals surface area contributed by atoms with Gasteiger partial charge in [-0.1, -0.05) is 18.2 Å². The summed E-state index contributed by atoms with van der Waals surface area (Å²) in [5, 5.41) is 18.5. The van der Waals surface area contributed by atoms with Crippen LogP contribution < -0.4 is 0 Å². The highest BCUT2D eigenvalue weighted by atomic mass is 16.3. The van der Waals surface area contributed by atoms with E-state index < -0.39 is 6.10 Å². The Morgan fingerprint density at radius 1 is 1.47 bits per heavy atom. The molecule has 0 bridgehead atoms. The summed E-state index contributed by atoms with van der Waals surface area (Å²) in [6.07, 6.45) is 2.50. The fourth-order valence-electron chi connectivity index (χ4n) is 1.31. The predicted octanol–water partition coefficient (Wildman–Crippen LogP) is 1.99. The smallest absolute Gasteiger partial charge is 0.191 e. The molecule has 0 radical (unpaired) electrons. The minimum atomic E-state index is -1.06. The molecular formula is C12H14O3. The summed E-state index contributed by atoms with van der Waals surface area (Å²) in [5.74, 6) is -0.369. The van der Waals surface area contributed by atoms with E-state index in [1.165, 1.54) is 19.1 Å². The predicted molar refractivity (Wildman–Crippen MR) is 58.8 cm³/mol. The zero-order chi connectivity index (χ0) is 11.4. The lowest BCUT2D eigenvalue weighted by molar-refractivity contribution is 0.0779. The molecule has 80 valence electrons. The van der Waals surface area contributed by atoms with Gasteiger partial charge in [0.15, 0.2) is 5.78 Å². The highest BCUT2D eigenvalue weighted by Gasteiger charge is 2.15. The number of aliphatic hydroxyl groups excluding tert-OH is 1. The topological polar surface area (TPSA) is 57.5 Å². The lowest BCUT2D eigenvalue weighted by Crippen LogP contribution is -2.17. The molecule has 0 unspecified atom stereocenters. The van der Waals surface area contributed by atoms with Crippen LogP contribution in [0.15, 0.2) is 24.3 Å². The quantitative estimate of drug-likeness (QED) is 0.743. The van der Waals surface area contributed by atoms with Gasteiger partial charge in [0, 0.05) is 5.56 Å². The summed E-state index contributed by atoms with van der Waals surface area (Å²) in [6, 6.07) is 4.52. The number of hydrogen-bond donors (Lipinski definition) is 2. The van der Waals surface area contributed by atoms with Crippen LogP contribution in [0.2, 0.25) is 0 Å². The summed E-state index contributed by atoms with van der Waals surface area (Å²) in [4.78, 5) is 11.6. The molecule has 3 nitrogen and oxygen atoms in total. The van der Waals surface area contributed by atoms with Gasteiger partial charge in [-0.15, -0.1) is 0 Å². The number of Topliss-reactive ketones (excluding diaryl/α,β-unsaturated/α-hetero) is 1. The van der Waals surface area contributed by atoms with Crippen LogP contribution in [0, 0.1) is 0 Å². The number of carbonyl (C=O) groups is 1. The molecule has 1 aromatic carbocycles. The largest absolute Gasteiger partial charge is 0.508 e. The number of benzene rings is 1. The Kier molecular flexibility index (Phi) is 3.63. The SMILES string of the molecule is CC=Cc1ccc(O)cc1C(=O)[C@H](C)O. The Balaban J connectivity index is 3.24. The monoisotopic (exact) mass is 206 g/mol. The highest BCUT2D eigenvalue weighted by molar-refractivity contribution is 6.02. The molecule has 0 saturated carbocycles. The molecule has 0 amide bonds. The van der Waals surface area contributed by atoms with Crippen molar-refractivity contribution in [2.75, 3.05) is 0 Å². The standard InChI is InChI=1S/C12H14O3/c1-3-4-9-5-6-10(14)7-11(9)12(15)8(2)13/h3-8,13-14H,1-2H3/t8-/m0/s1. The van der Waals surface area contributed by atoms with Crippen LogP contribution in [0.25, 0.3) is 6.08 Å². The highest BCUT2D eigenvalue weighted by Crippen LogP contribution is 2.19. The first-order chi connectivity index (χ1) is 7.06. The van der Waals surface area contributed by atoms with Crippen LogP contribution in [-0.2, 0) is 0 Å². The van der Waals surface area contributed by atoms with Crippen molar-refractivity contribution in [3.63, 3.8) is 0 Å². The Hall–Kier alpha value is -1.61. The van der Waals surface area contributed by atoms with Crippen LogP contribution in [0.5, 0.6) is 5.75 Å². The summed E-state index contributed by atoms with van der Waals surface area (Å²) in [5.41, 5.74) is 1.03. The number of carbonyl (C=O) groups excluding carboxylic acids is 1.